The van der Waals surface area contributed by atoms with E-state index >= 15 is 0 Å². The summed E-state index contributed by atoms with van der Waals surface area (Å²) in [6.45, 7) is 3.41. The Morgan fingerprint density at radius 2 is 2.12 bits per heavy atom. The Kier molecular flexibility index (Phi) is 3.79. The second-order valence-corrected chi connectivity index (χ2v) is 4.94. The molecule has 0 aromatic heterocycles. The van der Waals surface area contributed by atoms with E-state index in [1.807, 2.05) is 19.2 Å². The van der Waals surface area contributed by atoms with Gasteiger partial charge in [0, 0.05) is 12.6 Å². The van der Waals surface area contributed by atoms with Gasteiger partial charge in [0.2, 0.25) is 5.91 Å². The summed E-state index contributed by atoms with van der Waals surface area (Å²) in [4.78, 5) is 13.7. The number of carbonyl (C=O) groups is 1. The van der Waals surface area contributed by atoms with Crippen molar-refractivity contribution in [2.45, 2.75) is 32.4 Å². The summed E-state index contributed by atoms with van der Waals surface area (Å²) in [5.41, 5.74) is 2.57. The highest BCUT2D eigenvalue weighted by Crippen LogP contribution is 2.18. The Hall–Kier alpha value is -1.35. The van der Waals surface area contributed by atoms with Crippen molar-refractivity contribution in [3.63, 3.8) is 0 Å². The van der Waals surface area contributed by atoms with E-state index in [9.17, 15) is 4.79 Å². The van der Waals surface area contributed by atoms with Crippen molar-refractivity contribution < 1.29 is 4.79 Å². The van der Waals surface area contributed by atoms with Gasteiger partial charge in [-0.2, -0.15) is 0 Å². The molecule has 1 aliphatic carbocycles. The summed E-state index contributed by atoms with van der Waals surface area (Å²) < 4.78 is 0. The molecular formula is C14H20N2O. The summed E-state index contributed by atoms with van der Waals surface area (Å²) in [7, 11) is 1.99. The van der Waals surface area contributed by atoms with Crippen molar-refractivity contribution in [1.82, 2.24) is 10.2 Å². The van der Waals surface area contributed by atoms with Gasteiger partial charge >= 0.3 is 0 Å². The molecule has 0 bridgehead atoms. The van der Waals surface area contributed by atoms with Gasteiger partial charge in [-0.15, -0.1) is 0 Å². The minimum absolute atomic E-state index is 0.142. The van der Waals surface area contributed by atoms with Crippen LogP contribution in [0.4, 0.5) is 0 Å². The lowest BCUT2D eigenvalue weighted by Gasteiger charge is -2.17. The van der Waals surface area contributed by atoms with Crippen LogP contribution in [0.1, 0.15) is 24.0 Å². The van der Waals surface area contributed by atoms with Gasteiger partial charge in [0.05, 0.1) is 6.54 Å². The predicted octanol–water partition coefficient (Wildman–Crippen LogP) is 1.71. The fourth-order valence-corrected chi connectivity index (χ4v) is 1.88. The number of rotatable bonds is 5. The molecule has 1 fully saturated rings. The zero-order valence-electron chi connectivity index (χ0n) is 10.6. The molecule has 0 radical (unpaired) electrons. The largest absolute Gasteiger partial charge is 0.352 e. The van der Waals surface area contributed by atoms with E-state index in [2.05, 4.69) is 29.3 Å². The van der Waals surface area contributed by atoms with Crippen molar-refractivity contribution in [1.29, 1.82) is 0 Å². The maximum absolute atomic E-state index is 11.6. The number of likely N-dealkylation sites (N-methyl/N-ethyl adjacent to an activating group) is 1. The van der Waals surface area contributed by atoms with Crippen LogP contribution in [0.2, 0.25) is 0 Å². The maximum Gasteiger partial charge on any atom is 0.234 e. The van der Waals surface area contributed by atoms with Crippen LogP contribution in [0.5, 0.6) is 0 Å². The number of aryl methyl sites for hydroxylation is 1. The Morgan fingerprint density at radius 3 is 2.76 bits per heavy atom. The molecule has 0 unspecified atom stereocenters. The van der Waals surface area contributed by atoms with Crippen LogP contribution in [0.25, 0.3) is 0 Å². The maximum atomic E-state index is 11.6. The molecule has 92 valence electrons. The van der Waals surface area contributed by atoms with Crippen LogP contribution in [0, 0.1) is 6.92 Å². The zero-order valence-corrected chi connectivity index (χ0v) is 10.6. The van der Waals surface area contributed by atoms with E-state index in [0.29, 0.717) is 12.6 Å². The topological polar surface area (TPSA) is 32.3 Å². The number of hydrogen-bond donors (Lipinski definition) is 1. The van der Waals surface area contributed by atoms with Gasteiger partial charge in [-0.1, -0.05) is 24.3 Å². The fraction of sp³-hybridized carbons (Fsp3) is 0.500. The van der Waals surface area contributed by atoms with Crippen LogP contribution >= 0.6 is 0 Å². The van der Waals surface area contributed by atoms with E-state index in [0.717, 1.165) is 19.4 Å². The lowest BCUT2D eigenvalue weighted by atomic mass is 10.1. The third-order valence-corrected chi connectivity index (χ3v) is 3.06. The highest BCUT2D eigenvalue weighted by molar-refractivity contribution is 5.78. The molecule has 1 N–H and O–H groups in total. The standard InChI is InChI=1S/C14H20N2O/c1-11-5-3-4-6-12(11)9-16(2)10-14(17)15-13-7-8-13/h3-6,13H,7-10H2,1-2H3,(H,15,17). The molecule has 3 nitrogen and oxygen atoms in total. The molecule has 1 saturated carbocycles. The summed E-state index contributed by atoms with van der Waals surface area (Å²) in [5.74, 6) is 0.142. The number of hydrogen-bond acceptors (Lipinski definition) is 2. The Labute approximate surface area is 103 Å². The van der Waals surface area contributed by atoms with Gasteiger partial charge in [0.15, 0.2) is 0 Å². The van der Waals surface area contributed by atoms with Crippen molar-refractivity contribution >= 4 is 5.91 Å². The van der Waals surface area contributed by atoms with Crippen LogP contribution in [0.3, 0.4) is 0 Å². The Balaban J connectivity index is 1.81. The smallest absolute Gasteiger partial charge is 0.234 e. The monoisotopic (exact) mass is 232 g/mol. The molecule has 0 heterocycles. The lowest BCUT2D eigenvalue weighted by molar-refractivity contribution is -0.122. The van der Waals surface area contributed by atoms with Crippen molar-refractivity contribution in [2.75, 3.05) is 13.6 Å². The van der Waals surface area contributed by atoms with Crippen molar-refractivity contribution in [3.8, 4) is 0 Å². The average Bonchev–Trinajstić information content (AvgIpc) is 3.05. The quantitative estimate of drug-likeness (QED) is 0.838. The van der Waals surface area contributed by atoms with E-state index in [-0.39, 0.29) is 5.91 Å². The minimum Gasteiger partial charge on any atom is -0.352 e. The summed E-state index contributed by atoms with van der Waals surface area (Å²) >= 11 is 0. The first-order valence-corrected chi connectivity index (χ1v) is 6.17. The molecule has 0 atom stereocenters. The van der Waals surface area contributed by atoms with Crippen LogP contribution in [0.15, 0.2) is 24.3 Å². The van der Waals surface area contributed by atoms with Crippen molar-refractivity contribution in [2.24, 2.45) is 0 Å². The molecule has 1 aromatic rings. The lowest BCUT2D eigenvalue weighted by Crippen LogP contribution is -2.36. The Bertz CT molecular complexity index is 399. The van der Waals surface area contributed by atoms with Crippen LogP contribution in [-0.2, 0) is 11.3 Å². The first-order chi connectivity index (χ1) is 8.15. The second-order valence-electron chi connectivity index (χ2n) is 4.94. The highest BCUT2D eigenvalue weighted by Gasteiger charge is 2.23. The molecule has 3 heteroatoms. The summed E-state index contributed by atoms with van der Waals surface area (Å²) in [6, 6.07) is 8.76. The molecule has 0 aliphatic heterocycles. The van der Waals surface area contributed by atoms with Crippen molar-refractivity contribution in [3.05, 3.63) is 35.4 Å². The molecular weight excluding hydrogens is 212 g/mol. The number of nitrogens with zero attached hydrogens (tertiary/aromatic N) is 1. The predicted molar refractivity (Wildman–Crippen MR) is 68.7 cm³/mol. The van der Waals surface area contributed by atoms with Crippen LogP contribution < -0.4 is 5.32 Å². The van der Waals surface area contributed by atoms with E-state index in [1.54, 1.807) is 0 Å². The number of amides is 1. The summed E-state index contributed by atoms with van der Waals surface area (Å²) in [5, 5.41) is 3.00. The van der Waals surface area contributed by atoms with Crippen LogP contribution in [-0.4, -0.2) is 30.4 Å². The van der Waals surface area contributed by atoms with Gasteiger partial charge < -0.3 is 5.32 Å². The molecule has 17 heavy (non-hydrogen) atoms. The minimum atomic E-state index is 0.142. The third kappa shape index (κ3) is 3.86. The van der Waals surface area contributed by atoms with Gasteiger partial charge in [0.1, 0.15) is 0 Å². The molecule has 1 aliphatic rings. The number of carbonyl (C=O) groups excluding carboxylic acids is 1. The van der Waals surface area contributed by atoms with E-state index in [1.165, 1.54) is 11.1 Å². The van der Waals surface area contributed by atoms with E-state index in [4.69, 9.17) is 0 Å². The first-order valence-electron chi connectivity index (χ1n) is 6.17. The van der Waals surface area contributed by atoms with Gasteiger partial charge in [-0.25, -0.2) is 0 Å². The molecule has 0 spiro atoms. The SMILES string of the molecule is Cc1ccccc1CN(C)CC(=O)NC1CC1. The van der Waals surface area contributed by atoms with Gasteiger partial charge in [0.25, 0.3) is 0 Å². The number of benzene rings is 1. The average molecular weight is 232 g/mol. The van der Waals surface area contributed by atoms with Gasteiger partial charge in [-0.05, 0) is 37.9 Å². The molecule has 1 aromatic carbocycles. The highest BCUT2D eigenvalue weighted by atomic mass is 16.2. The van der Waals surface area contributed by atoms with Gasteiger partial charge in [-0.3, -0.25) is 9.69 Å². The third-order valence-electron chi connectivity index (χ3n) is 3.06. The first kappa shape index (κ1) is 12.1. The zero-order chi connectivity index (χ0) is 12.3. The number of nitrogens with one attached hydrogen (secondary N) is 1. The Morgan fingerprint density at radius 1 is 1.41 bits per heavy atom. The second kappa shape index (κ2) is 5.32. The molecule has 2 rings (SSSR count). The molecule has 1 amide bonds. The molecule has 0 saturated heterocycles. The summed E-state index contributed by atoms with van der Waals surface area (Å²) in [6.07, 6.45) is 2.29. The van der Waals surface area contributed by atoms with E-state index < -0.39 is 0 Å². The normalized spacial score (nSPS) is 15.0. The fourth-order valence-electron chi connectivity index (χ4n) is 1.88.